The molecule has 20 heavy (non-hydrogen) atoms. The third-order valence-electron chi connectivity index (χ3n) is 4.35. The van der Waals surface area contributed by atoms with E-state index in [1.807, 2.05) is 0 Å². The molecular weight excluding hydrogens is 274 g/mol. The number of carbonyl (C=O) groups excluding carboxylic acids is 1. The van der Waals surface area contributed by atoms with Crippen LogP contribution in [-0.4, -0.2) is 49.1 Å². The molecule has 3 atom stereocenters. The number of hydrogen-bond acceptors (Lipinski definition) is 3. The SMILES string of the molecule is CC1CCNC(C(=O)NC(C)CN2CCCCC2)C1.Cl. The standard InChI is InChI=1S/C15H29N3O.ClH/c1-12-6-7-16-14(10-12)15(19)17-13(2)11-18-8-4-3-5-9-18;/h12-14,16H,3-11H2,1-2H3,(H,17,19);1H. The molecule has 0 aromatic heterocycles. The Bertz CT molecular complexity index is 295. The molecule has 118 valence electrons. The highest BCUT2D eigenvalue weighted by Gasteiger charge is 2.25. The molecule has 2 aliphatic heterocycles. The Labute approximate surface area is 129 Å². The van der Waals surface area contributed by atoms with Crippen molar-refractivity contribution in [2.75, 3.05) is 26.2 Å². The fourth-order valence-corrected chi connectivity index (χ4v) is 3.23. The first-order chi connectivity index (χ1) is 9.15. The van der Waals surface area contributed by atoms with Gasteiger partial charge in [-0.05, 0) is 58.2 Å². The molecule has 0 bridgehead atoms. The summed E-state index contributed by atoms with van der Waals surface area (Å²) in [6.07, 6.45) is 6.14. The topological polar surface area (TPSA) is 44.4 Å². The van der Waals surface area contributed by atoms with Crippen LogP contribution in [0.15, 0.2) is 0 Å². The molecule has 2 aliphatic rings. The van der Waals surface area contributed by atoms with Gasteiger partial charge in [0.2, 0.25) is 5.91 Å². The maximum atomic E-state index is 12.2. The normalized spacial score (nSPS) is 29.3. The molecule has 0 aliphatic carbocycles. The number of piperidine rings is 2. The van der Waals surface area contributed by atoms with E-state index in [1.165, 1.54) is 38.8 Å². The van der Waals surface area contributed by atoms with Gasteiger partial charge in [-0.2, -0.15) is 0 Å². The first kappa shape index (κ1) is 17.7. The van der Waals surface area contributed by atoms with E-state index in [2.05, 4.69) is 29.4 Å². The second-order valence-electron chi connectivity index (χ2n) is 6.41. The molecule has 0 aromatic rings. The summed E-state index contributed by atoms with van der Waals surface area (Å²) < 4.78 is 0. The second-order valence-corrected chi connectivity index (χ2v) is 6.41. The van der Waals surface area contributed by atoms with Gasteiger partial charge < -0.3 is 15.5 Å². The number of nitrogens with one attached hydrogen (secondary N) is 2. The van der Waals surface area contributed by atoms with Gasteiger partial charge in [-0.1, -0.05) is 13.3 Å². The fraction of sp³-hybridized carbons (Fsp3) is 0.933. The number of likely N-dealkylation sites (tertiary alicyclic amines) is 1. The zero-order valence-electron chi connectivity index (χ0n) is 12.9. The van der Waals surface area contributed by atoms with Crippen molar-refractivity contribution < 1.29 is 4.79 Å². The average Bonchev–Trinajstić information content (AvgIpc) is 2.39. The summed E-state index contributed by atoms with van der Waals surface area (Å²) in [5, 5.41) is 6.51. The largest absolute Gasteiger partial charge is 0.351 e. The Kier molecular flexibility index (Phi) is 7.85. The highest BCUT2D eigenvalue weighted by atomic mass is 35.5. The number of rotatable bonds is 4. The summed E-state index contributed by atoms with van der Waals surface area (Å²) in [5.41, 5.74) is 0. The molecule has 2 N–H and O–H groups in total. The second kappa shape index (κ2) is 8.85. The van der Waals surface area contributed by atoms with Gasteiger partial charge in [0.05, 0.1) is 6.04 Å². The van der Waals surface area contributed by atoms with Gasteiger partial charge >= 0.3 is 0 Å². The van der Waals surface area contributed by atoms with E-state index in [-0.39, 0.29) is 30.4 Å². The third kappa shape index (κ3) is 5.58. The predicted molar refractivity (Wildman–Crippen MR) is 85.3 cm³/mol. The predicted octanol–water partition coefficient (Wildman–Crippen LogP) is 1.79. The van der Waals surface area contributed by atoms with E-state index in [9.17, 15) is 4.79 Å². The minimum atomic E-state index is 0. The van der Waals surface area contributed by atoms with Crippen LogP contribution in [0.5, 0.6) is 0 Å². The Morgan fingerprint density at radius 3 is 2.70 bits per heavy atom. The Balaban J connectivity index is 0.00000200. The van der Waals surface area contributed by atoms with Crippen molar-refractivity contribution in [1.29, 1.82) is 0 Å². The Morgan fingerprint density at radius 1 is 1.35 bits per heavy atom. The molecule has 3 unspecified atom stereocenters. The summed E-state index contributed by atoms with van der Waals surface area (Å²) >= 11 is 0. The van der Waals surface area contributed by atoms with Gasteiger partial charge in [-0.15, -0.1) is 12.4 Å². The summed E-state index contributed by atoms with van der Waals surface area (Å²) in [7, 11) is 0. The Hall–Kier alpha value is -0.320. The van der Waals surface area contributed by atoms with Crippen LogP contribution >= 0.6 is 12.4 Å². The monoisotopic (exact) mass is 303 g/mol. The molecule has 2 heterocycles. The number of nitrogens with zero attached hydrogens (tertiary/aromatic N) is 1. The molecule has 0 radical (unpaired) electrons. The van der Waals surface area contributed by atoms with Crippen LogP contribution in [0.25, 0.3) is 0 Å². The molecule has 0 saturated carbocycles. The van der Waals surface area contributed by atoms with Gasteiger partial charge in [-0.25, -0.2) is 0 Å². The quantitative estimate of drug-likeness (QED) is 0.832. The molecule has 1 amide bonds. The first-order valence-corrected chi connectivity index (χ1v) is 7.91. The zero-order chi connectivity index (χ0) is 13.7. The van der Waals surface area contributed by atoms with Crippen LogP contribution in [0.3, 0.4) is 0 Å². The third-order valence-corrected chi connectivity index (χ3v) is 4.35. The molecule has 4 nitrogen and oxygen atoms in total. The van der Waals surface area contributed by atoms with E-state index in [0.29, 0.717) is 5.92 Å². The minimum absolute atomic E-state index is 0. The number of amides is 1. The highest BCUT2D eigenvalue weighted by molar-refractivity contribution is 5.85. The molecule has 2 saturated heterocycles. The minimum Gasteiger partial charge on any atom is -0.351 e. The van der Waals surface area contributed by atoms with Gasteiger partial charge in [-0.3, -0.25) is 4.79 Å². The van der Waals surface area contributed by atoms with E-state index in [4.69, 9.17) is 0 Å². The number of halogens is 1. The average molecular weight is 304 g/mol. The number of carbonyl (C=O) groups is 1. The molecule has 2 fully saturated rings. The maximum absolute atomic E-state index is 12.2. The van der Waals surface area contributed by atoms with Crippen molar-refractivity contribution in [2.45, 2.75) is 58.0 Å². The number of hydrogen-bond donors (Lipinski definition) is 2. The zero-order valence-corrected chi connectivity index (χ0v) is 13.7. The van der Waals surface area contributed by atoms with Crippen LogP contribution in [-0.2, 0) is 4.79 Å². The lowest BCUT2D eigenvalue weighted by molar-refractivity contribution is -0.124. The van der Waals surface area contributed by atoms with Crippen LogP contribution in [0.4, 0.5) is 0 Å². The summed E-state index contributed by atoms with van der Waals surface area (Å²) in [5.74, 6) is 0.852. The summed E-state index contributed by atoms with van der Waals surface area (Å²) in [4.78, 5) is 14.7. The van der Waals surface area contributed by atoms with Crippen molar-refractivity contribution in [1.82, 2.24) is 15.5 Å². The molecule has 0 spiro atoms. The van der Waals surface area contributed by atoms with Crippen molar-refractivity contribution in [2.24, 2.45) is 5.92 Å². The van der Waals surface area contributed by atoms with Gasteiger partial charge in [0.1, 0.15) is 0 Å². The van der Waals surface area contributed by atoms with Crippen molar-refractivity contribution in [3.8, 4) is 0 Å². The lowest BCUT2D eigenvalue weighted by atomic mass is 9.94. The van der Waals surface area contributed by atoms with Crippen LogP contribution in [0.1, 0.15) is 46.0 Å². The van der Waals surface area contributed by atoms with Gasteiger partial charge in [0.15, 0.2) is 0 Å². The molecular formula is C15H30ClN3O. The smallest absolute Gasteiger partial charge is 0.237 e. The molecule has 0 aromatic carbocycles. The van der Waals surface area contributed by atoms with E-state index in [0.717, 1.165) is 19.5 Å². The van der Waals surface area contributed by atoms with Crippen LogP contribution in [0.2, 0.25) is 0 Å². The van der Waals surface area contributed by atoms with Crippen molar-refractivity contribution in [3.63, 3.8) is 0 Å². The fourth-order valence-electron chi connectivity index (χ4n) is 3.23. The van der Waals surface area contributed by atoms with Gasteiger partial charge in [0, 0.05) is 12.6 Å². The summed E-state index contributed by atoms with van der Waals surface area (Å²) in [6.45, 7) is 8.71. The highest BCUT2D eigenvalue weighted by Crippen LogP contribution is 2.15. The van der Waals surface area contributed by atoms with Crippen molar-refractivity contribution >= 4 is 18.3 Å². The lowest BCUT2D eigenvalue weighted by Gasteiger charge is -2.31. The van der Waals surface area contributed by atoms with Crippen molar-refractivity contribution in [3.05, 3.63) is 0 Å². The van der Waals surface area contributed by atoms with Gasteiger partial charge in [0.25, 0.3) is 0 Å². The van der Waals surface area contributed by atoms with E-state index in [1.54, 1.807) is 0 Å². The van der Waals surface area contributed by atoms with E-state index >= 15 is 0 Å². The Morgan fingerprint density at radius 2 is 2.05 bits per heavy atom. The van der Waals surface area contributed by atoms with Crippen LogP contribution < -0.4 is 10.6 Å². The summed E-state index contributed by atoms with van der Waals surface area (Å²) in [6, 6.07) is 0.275. The molecule has 5 heteroatoms. The van der Waals surface area contributed by atoms with Crippen LogP contribution in [0, 0.1) is 5.92 Å². The van der Waals surface area contributed by atoms with E-state index < -0.39 is 0 Å². The lowest BCUT2D eigenvalue weighted by Crippen LogP contribution is -2.52. The molecule has 2 rings (SSSR count). The maximum Gasteiger partial charge on any atom is 0.237 e. The first-order valence-electron chi connectivity index (χ1n) is 7.91.